The van der Waals surface area contributed by atoms with E-state index in [9.17, 15) is 0 Å². The SMILES string of the molecule is c1ccc(-c2ccc(N(c3ccc(-c4ccccc4)cc3)c3cncc4c3oc3ccccc34)cc2)cc1. The highest BCUT2D eigenvalue weighted by atomic mass is 16.3. The number of hydrogen-bond donors (Lipinski definition) is 0. The van der Waals surface area contributed by atoms with Crippen LogP contribution in [-0.2, 0) is 0 Å². The van der Waals surface area contributed by atoms with Gasteiger partial charge in [-0.05, 0) is 52.6 Å². The molecule has 7 aromatic rings. The summed E-state index contributed by atoms with van der Waals surface area (Å²) in [6.45, 7) is 0. The van der Waals surface area contributed by atoms with Crippen LogP contribution in [-0.4, -0.2) is 4.98 Å². The monoisotopic (exact) mass is 488 g/mol. The zero-order valence-electron chi connectivity index (χ0n) is 20.7. The van der Waals surface area contributed by atoms with E-state index < -0.39 is 0 Å². The van der Waals surface area contributed by atoms with Crippen molar-refractivity contribution in [1.82, 2.24) is 4.98 Å². The van der Waals surface area contributed by atoms with Crippen molar-refractivity contribution < 1.29 is 4.42 Å². The van der Waals surface area contributed by atoms with E-state index in [-0.39, 0.29) is 0 Å². The summed E-state index contributed by atoms with van der Waals surface area (Å²) < 4.78 is 6.41. The third kappa shape index (κ3) is 3.91. The highest BCUT2D eigenvalue weighted by Gasteiger charge is 2.20. The van der Waals surface area contributed by atoms with Gasteiger partial charge >= 0.3 is 0 Å². The minimum atomic E-state index is 0.820. The molecule has 3 nitrogen and oxygen atoms in total. The second-order valence-electron chi connectivity index (χ2n) is 9.29. The van der Waals surface area contributed by atoms with Gasteiger partial charge in [-0.3, -0.25) is 4.98 Å². The molecule has 0 aliphatic rings. The zero-order valence-corrected chi connectivity index (χ0v) is 20.7. The van der Waals surface area contributed by atoms with Gasteiger partial charge in [-0.15, -0.1) is 0 Å². The lowest BCUT2D eigenvalue weighted by Gasteiger charge is -2.25. The second kappa shape index (κ2) is 9.38. The average molecular weight is 489 g/mol. The van der Waals surface area contributed by atoms with Gasteiger partial charge in [0.1, 0.15) is 11.3 Å². The van der Waals surface area contributed by atoms with Crippen molar-refractivity contribution in [2.24, 2.45) is 0 Å². The number of rotatable bonds is 5. The van der Waals surface area contributed by atoms with Crippen LogP contribution in [0.5, 0.6) is 0 Å². The van der Waals surface area contributed by atoms with Crippen molar-refractivity contribution in [2.45, 2.75) is 0 Å². The number of anilines is 3. The third-order valence-electron chi connectivity index (χ3n) is 6.97. The maximum absolute atomic E-state index is 6.41. The lowest BCUT2D eigenvalue weighted by atomic mass is 10.0. The predicted molar refractivity (Wildman–Crippen MR) is 157 cm³/mol. The van der Waals surface area contributed by atoms with E-state index in [2.05, 4.69) is 113 Å². The van der Waals surface area contributed by atoms with Crippen molar-refractivity contribution in [3.8, 4) is 22.3 Å². The van der Waals surface area contributed by atoms with E-state index in [4.69, 9.17) is 4.42 Å². The van der Waals surface area contributed by atoms with E-state index >= 15 is 0 Å². The predicted octanol–water partition coefficient (Wildman–Crippen LogP) is 9.78. The molecule has 3 heteroatoms. The molecule has 2 aromatic heterocycles. The molecule has 0 aliphatic heterocycles. The van der Waals surface area contributed by atoms with Crippen LogP contribution >= 0.6 is 0 Å². The Hall–Kier alpha value is -5.15. The first-order chi connectivity index (χ1) is 18.8. The molecule has 0 amide bonds. The highest BCUT2D eigenvalue weighted by molar-refractivity contribution is 6.09. The number of hydrogen-bond acceptors (Lipinski definition) is 3. The largest absolute Gasteiger partial charge is 0.454 e. The Morgan fingerprint density at radius 3 is 1.53 bits per heavy atom. The fourth-order valence-corrected chi connectivity index (χ4v) is 5.08. The first kappa shape index (κ1) is 22.1. The minimum Gasteiger partial charge on any atom is -0.454 e. The van der Waals surface area contributed by atoms with Gasteiger partial charge in [-0.2, -0.15) is 0 Å². The van der Waals surface area contributed by atoms with E-state index in [1.807, 2.05) is 42.7 Å². The summed E-state index contributed by atoms with van der Waals surface area (Å²) in [6, 6.07) is 46.3. The van der Waals surface area contributed by atoms with Crippen LogP contribution < -0.4 is 4.90 Å². The first-order valence-corrected chi connectivity index (χ1v) is 12.7. The molecule has 7 rings (SSSR count). The number of pyridine rings is 1. The number of fused-ring (bicyclic) bond motifs is 3. The van der Waals surface area contributed by atoms with Crippen molar-refractivity contribution in [1.29, 1.82) is 0 Å². The lowest BCUT2D eigenvalue weighted by Crippen LogP contribution is -2.10. The number of para-hydroxylation sites is 1. The number of benzene rings is 5. The average Bonchev–Trinajstić information content (AvgIpc) is 3.39. The Bertz CT molecular complexity index is 1760. The Morgan fingerprint density at radius 2 is 0.947 bits per heavy atom. The van der Waals surface area contributed by atoms with E-state index in [0.717, 1.165) is 39.0 Å². The van der Waals surface area contributed by atoms with Crippen LogP contribution in [0.2, 0.25) is 0 Å². The van der Waals surface area contributed by atoms with Crippen LogP contribution in [0.1, 0.15) is 0 Å². The Morgan fingerprint density at radius 1 is 0.447 bits per heavy atom. The molecule has 0 bridgehead atoms. The number of furan rings is 1. The number of aromatic nitrogens is 1. The quantitative estimate of drug-likeness (QED) is 0.241. The summed E-state index contributed by atoms with van der Waals surface area (Å²) in [5.74, 6) is 0. The van der Waals surface area contributed by atoms with Gasteiger partial charge in [0.15, 0.2) is 5.58 Å². The molecule has 38 heavy (non-hydrogen) atoms. The van der Waals surface area contributed by atoms with E-state index in [0.29, 0.717) is 0 Å². The van der Waals surface area contributed by atoms with Gasteiger partial charge in [0.05, 0.1) is 6.20 Å². The maximum Gasteiger partial charge on any atom is 0.162 e. The Balaban J connectivity index is 1.39. The Kier molecular flexibility index (Phi) is 5.45. The lowest BCUT2D eigenvalue weighted by molar-refractivity contribution is 0.668. The summed E-state index contributed by atoms with van der Waals surface area (Å²) in [4.78, 5) is 6.86. The van der Waals surface area contributed by atoms with Crippen molar-refractivity contribution in [3.05, 3.63) is 146 Å². The van der Waals surface area contributed by atoms with Crippen LogP contribution in [0.25, 0.3) is 44.2 Å². The molecule has 0 N–H and O–H groups in total. The summed E-state index contributed by atoms with van der Waals surface area (Å²) in [5, 5.41) is 2.07. The summed E-state index contributed by atoms with van der Waals surface area (Å²) in [6.07, 6.45) is 3.78. The van der Waals surface area contributed by atoms with Crippen molar-refractivity contribution >= 4 is 39.0 Å². The second-order valence-corrected chi connectivity index (χ2v) is 9.29. The molecule has 0 radical (unpaired) electrons. The molecule has 0 aliphatic carbocycles. The van der Waals surface area contributed by atoms with Gasteiger partial charge in [0.2, 0.25) is 0 Å². The van der Waals surface area contributed by atoms with Crippen LogP contribution in [0.15, 0.2) is 150 Å². The zero-order chi connectivity index (χ0) is 25.3. The third-order valence-corrected chi connectivity index (χ3v) is 6.97. The fourth-order valence-electron chi connectivity index (χ4n) is 5.08. The molecule has 0 atom stereocenters. The molecule has 5 aromatic carbocycles. The molecule has 0 unspecified atom stereocenters. The van der Waals surface area contributed by atoms with Crippen LogP contribution in [0, 0.1) is 0 Å². The molecule has 180 valence electrons. The molecular weight excluding hydrogens is 464 g/mol. The smallest absolute Gasteiger partial charge is 0.162 e. The summed E-state index contributed by atoms with van der Waals surface area (Å²) >= 11 is 0. The molecule has 0 saturated carbocycles. The van der Waals surface area contributed by atoms with Crippen molar-refractivity contribution in [2.75, 3.05) is 4.90 Å². The molecule has 0 fully saturated rings. The van der Waals surface area contributed by atoms with Gasteiger partial charge in [-0.25, -0.2) is 0 Å². The topological polar surface area (TPSA) is 29.3 Å². The highest BCUT2D eigenvalue weighted by Crippen LogP contribution is 2.42. The molecule has 0 spiro atoms. The summed E-state index contributed by atoms with van der Waals surface area (Å²) in [7, 11) is 0. The van der Waals surface area contributed by atoms with Gasteiger partial charge in [0, 0.05) is 28.3 Å². The molecular formula is C35H24N2O. The van der Waals surface area contributed by atoms with E-state index in [1.165, 1.54) is 22.3 Å². The maximum atomic E-state index is 6.41. The Labute approximate surface area is 221 Å². The van der Waals surface area contributed by atoms with Crippen LogP contribution in [0.4, 0.5) is 17.1 Å². The molecule has 0 saturated heterocycles. The van der Waals surface area contributed by atoms with Crippen LogP contribution in [0.3, 0.4) is 0 Å². The van der Waals surface area contributed by atoms with Gasteiger partial charge in [0.25, 0.3) is 0 Å². The van der Waals surface area contributed by atoms with Gasteiger partial charge in [-0.1, -0.05) is 103 Å². The number of nitrogens with zero attached hydrogens (tertiary/aromatic N) is 2. The molecule has 2 heterocycles. The fraction of sp³-hybridized carbons (Fsp3) is 0. The van der Waals surface area contributed by atoms with Crippen molar-refractivity contribution in [3.63, 3.8) is 0 Å². The minimum absolute atomic E-state index is 0.820. The first-order valence-electron chi connectivity index (χ1n) is 12.7. The standard InChI is InChI=1S/C35H24N2O/c1-3-9-25(10-4-1)27-15-19-29(20-16-27)37(30-21-17-28(18-22-30)26-11-5-2-6-12-26)33-24-36-23-32-31-13-7-8-14-34(31)38-35(32)33/h1-24H. The van der Waals surface area contributed by atoms with E-state index in [1.54, 1.807) is 0 Å². The normalized spacial score (nSPS) is 11.2. The van der Waals surface area contributed by atoms with Gasteiger partial charge < -0.3 is 9.32 Å². The summed E-state index contributed by atoms with van der Waals surface area (Å²) in [5.41, 5.74) is 9.38.